The third kappa shape index (κ3) is 3.00. The summed E-state index contributed by atoms with van der Waals surface area (Å²) in [6, 6.07) is 6.69. The van der Waals surface area contributed by atoms with E-state index in [9.17, 15) is 4.39 Å². The maximum Gasteiger partial charge on any atom is 0.206 e. The zero-order chi connectivity index (χ0) is 12.3. The number of benzene rings is 1. The first-order valence-corrected chi connectivity index (χ1v) is 6.33. The van der Waals surface area contributed by atoms with Crippen molar-refractivity contribution in [2.24, 2.45) is 0 Å². The number of hydrogen-bond donors (Lipinski definition) is 1. The third-order valence-electron chi connectivity index (χ3n) is 2.50. The topological polar surface area (TPSA) is 37.8 Å². The average Bonchev–Trinajstić information content (AvgIpc) is 2.73. The molecular weight excluding hydrogens is 237 g/mol. The van der Waals surface area contributed by atoms with Crippen molar-refractivity contribution in [3.63, 3.8) is 0 Å². The van der Waals surface area contributed by atoms with Crippen LogP contribution in [0, 0.1) is 12.7 Å². The van der Waals surface area contributed by atoms with Gasteiger partial charge in [0.15, 0.2) is 0 Å². The lowest BCUT2D eigenvalue weighted by Gasteiger charge is -2.16. The Bertz CT molecular complexity index is 481. The number of rotatable bonds is 4. The molecule has 0 bridgehead atoms. The Hall–Kier alpha value is -1.49. The fourth-order valence-corrected chi connectivity index (χ4v) is 2.26. The van der Waals surface area contributed by atoms with Crippen molar-refractivity contribution in [3.8, 4) is 0 Å². The standard InChI is InChI=1S/C12H14FN3S/c1-3-11(9-4-6-10(13)7-5-9)14-12-16-15-8(2)17-12/h4-7,11H,3H2,1-2H3,(H,14,16). The van der Waals surface area contributed by atoms with Crippen molar-refractivity contribution in [3.05, 3.63) is 40.7 Å². The lowest BCUT2D eigenvalue weighted by molar-refractivity contribution is 0.625. The fourth-order valence-electron chi connectivity index (χ4n) is 1.62. The van der Waals surface area contributed by atoms with Gasteiger partial charge in [-0.1, -0.05) is 30.4 Å². The smallest absolute Gasteiger partial charge is 0.206 e. The molecule has 0 saturated heterocycles. The molecule has 1 aromatic heterocycles. The summed E-state index contributed by atoms with van der Waals surface area (Å²) < 4.78 is 12.8. The first-order valence-electron chi connectivity index (χ1n) is 5.51. The Labute approximate surface area is 104 Å². The molecule has 5 heteroatoms. The summed E-state index contributed by atoms with van der Waals surface area (Å²) in [6.07, 6.45) is 0.907. The molecule has 0 spiro atoms. The van der Waals surface area contributed by atoms with E-state index in [4.69, 9.17) is 0 Å². The normalized spacial score (nSPS) is 12.4. The number of aryl methyl sites for hydroxylation is 1. The molecule has 1 atom stereocenters. The monoisotopic (exact) mass is 251 g/mol. The predicted octanol–water partition coefficient (Wildman–Crippen LogP) is 3.55. The van der Waals surface area contributed by atoms with Gasteiger partial charge < -0.3 is 5.32 Å². The van der Waals surface area contributed by atoms with Crippen molar-refractivity contribution in [2.45, 2.75) is 26.3 Å². The molecule has 1 aromatic carbocycles. The van der Waals surface area contributed by atoms with Gasteiger partial charge in [0.1, 0.15) is 10.8 Å². The van der Waals surface area contributed by atoms with Crippen LogP contribution in [0.25, 0.3) is 0 Å². The number of nitrogens with zero attached hydrogens (tertiary/aromatic N) is 2. The van der Waals surface area contributed by atoms with E-state index in [2.05, 4.69) is 22.4 Å². The SMILES string of the molecule is CCC(Nc1nnc(C)s1)c1ccc(F)cc1. The molecule has 2 aromatic rings. The highest BCUT2D eigenvalue weighted by Gasteiger charge is 2.11. The van der Waals surface area contributed by atoms with E-state index < -0.39 is 0 Å². The lowest BCUT2D eigenvalue weighted by Crippen LogP contribution is -2.09. The Balaban J connectivity index is 2.13. The van der Waals surface area contributed by atoms with E-state index in [1.165, 1.54) is 23.5 Å². The molecule has 1 heterocycles. The van der Waals surface area contributed by atoms with Gasteiger partial charge in [-0.05, 0) is 31.0 Å². The highest BCUT2D eigenvalue weighted by molar-refractivity contribution is 7.15. The van der Waals surface area contributed by atoms with Gasteiger partial charge in [0.25, 0.3) is 0 Å². The van der Waals surface area contributed by atoms with Gasteiger partial charge in [-0.25, -0.2) is 4.39 Å². The number of anilines is 1. The molecule has 0 aliphatic rings. The van der Waals surface area contributed by atoms with E-state index in [1.807, 2.05) is 6.92 Å². The van der Waals surface area contributed by atoms with Crippen molar-refractivity contribution in [2.75, 3.05) is 5.32 Å². The minimum Gasteiger partial charge on any atom is -0.353 e. The van der Waals surface area contributed by atoms with Gasteiger partial charge in [0.05, 0.1) is 6.04 Å². The van der Waals surface area contributed by atoms with Crippen molar-refractivity contribution in [1.82, 2.24) is 10.2 Å². The van der Waals surface area contributed by atoms with E-state index in [0.717, 1.165) is 22.1 Å². The van der Waals surface area contributed by atoms with Gasteiger partial charge >= 0.3 is 0 Å². The molecule has 1 unspecified atom stereocenters. The quantitative estimate of drug-likeness (QED) is 0.903. The molecule has 0 radical (unpaired) electrons. The number of nitrogens with one attached hydrogen (secondary N) is 1. The van der Waals surface area contributed by atoms with Gasteiger partial charge in [-0.15, -0.1) is 10.2 Å². The number of aromatic nitrogens is 2. The Morgan fingerprint density at radius 2 is 2.00 bits per heavy atom. The van der Waals surface area contributed by atoms with Crippen LogP contribution in [0.4, 0.5) is 9.52 Å². The molecule has 0 amide bonds. The fraction of sp³-hybridized carbons (Fsp3) is 0.333. The van der Waals surface area contributed by atoms with Gasteiger partial charge in [-0.3, -0.25) is 0 Å². The summed E-state index contributed by atoms with van der Waals surface area (Å²) in [5.41, 5.74) is 1.06. The van der Waals surface area contributed by atoms with Gasteiger partial charge in [0.2, 0.25) is 5.13 Å². The largest absolute Gasteiger partial charge is 0.353 e. The first kappa shape index (κ1) is 12.0. The molecular formula is C12H14FN3S. The van der Waals surface area contributed by atoms with E-state index in [0.29, 0.717) is 0 Å². The van der Waals surface area contributed by atoms with Crippen LogP contribution in [-0.2, 0) is 0 Å². The predicted molar refractivity (Wildman–Crippen MR) is 67.7 cm³/mol. The van der Waals surface area contributed by atoms with Crippen LogP contribution in [0.5, 0.6) is 0 Å². The summed E-state index contributed by atoms with van der Waals surface area (Å²) in [5.74, 6) is -0.213. The molecule has 0 saturated carbocycles. The van der Waals surface area contributed by atoms with Crippen LogP contribution in [0.3, 0.4) is 0 Å². The van der Waals surface area contributed by atoms with Crippen molar-refractivity contribution in [1.29, 1.82) is 0 Å². The zero-order valence-corrected chi connectivity index (χ0v) is 10.6. The second-order valence-electron chi connectivity index (χ2n) is 3.78. The van der Waals surface area contributed by atoms with Crippen LogP contribution in [0.15, 0.2) is 24.3 Å². The Morgan fingerprint density at radius 1 is 1.29 bits per heavy atom. The van der Waals surface area contributed by atoms with Crippen LogP contribution in [0.1, 0.15) is 30.0 Å². The molecule has 3 nitrogen and oxygen atoms in total. The number of hydrogen-bond acceptors (Lipinski definition) is 4. The maximum atomic E-state index is 12.8. The van der Waals surface area contributed by atoms with Crippen LogP contribution >= 0.6 is 11.3 Å². The molecule has 0 aliphatic heterocycles. The first-order chi connectivity index (χ1) is 8.19. The maximum absolute atomic E-state index is 12.8. The summed E-state index contributed by atoms with van der Waals surface area (Å²) in [6.45, 7) is 4.00. The molecule has 2 rings (SSSR count). The summed E-state index contributed by atoms with van der Waals surface area (Å²) in [7, 11) is 0. The van der Waals surface area contributed by atoms with Crippen molar-refractivity contribution < 1.29 is 4.39 Å². The van der Waals surface area contributed by atoms with E-state index in [-0.39, 0.29) is 11.9 Å². The highest BCUT2D eigenvalue weighted by Crippen LogP contribution is 2.24. The summed E-state index contributed by atoms with van der Waals surface area (Å²) in [4.78, 5) is 0. The molecule has 0 aliphatic carbocycles. The van der Waals surface area contributed by atoms with Crippen LogP contribution in [-0.4, -0.2) is 10.2 Å². The van der Waals surface area contributed by atoms with E-state index in [1.54, 1.807) is 12.1 Å². The zero-order valence-electron chi connectivity index (χ0n) is 9.77. The Kier molecular flexibility index (Phi) is 3.68. The lowest BCUT2D eigenvalue weighted by atomic mass is 10.1. The molecule has 90 valence electrons. The molecule has 17 heavy (non-hydrogen) atoms. The summed E-state index contributed by atoms with van der Waals surface area (Å²) in [5, 5.41) is 13.0. The molecule has 1 N–H and O–H groups in total. The minimum atomic E-state index is -0.213. The average molecular weight is 251 g/mol. The van der Waals surface area contributed by atoms with Crippen molar-refractivity contribution >= 4 is 16.5 Å². The Morgan fingerprint density at radius 3 is 2.53 bits per heavy atom. The highest BCUT2D eigenvalue weighted by atomic mass is 32.1. The van der Waals surface area contributed by atoms with Gasteiger partial charge in [-0.2, -0.15) is 0 Å². The second kappa shape index (κ2) is 5.23. The second-order valence-corrected chi connectivity index (χ2v) is 4.96. The third-order valence-corrected chi connectivity index (χ3v) is 3.27. The molecule has 0 fully saturated rings. The number of halogens is 1. The van der Waals surface area contributed by atoms with Crippen LogP contribution < -0.4 is 5.32 Å². The van der Waals surface area contributed by atoms with Gasteiger partial charge in [0, 0.05) is 0 Å². The summed E-state index contributed by atoms with van der Waals surface area (Å²) >= 11 is 1.52. The van der Waals surface area contributed by atoms with Crippen LogP contribution in [0.2, 0.25) is 0 Å². The van der Waals surface area contributed by atoms with E-state index >= 15 is 0 Å². The minimum absolute atomic E-state index is 0.142.